The fourth-order valence-corrected chi connectivity index (χ4v) is 6.34. The number of fused-ring (bicyclic) bond motifs is 1. The topological polar surface area (TPSA) is 78.6 Å². The van der Waals surface area contributed by atoms with E-state index >= 15 is 0 Å². The third kappa shape index (κ3) is 3.17. The van der Waals surface area contributed by atoms with Crippen LogP contribution in [0.5, 0.6) is 0 Å². The minimum atomic E-state index is -4.17. The Bertz CT molecular complexity index is 1330. The van der Waals surface area contributed by atoms with Gasteiger partial charge in [0, 0.05) is 29.7 Å². The van der Waals surface area contributed by atoms with Gasteiger partial charge in [-0.05, 0) is 58.8 Å². The third-order valence-electron chi connectivity index (χ3n) is 8.66. The molecule has 0 N–H and O–H groups in total. The number of nitrogens with zero attached hydrogens (tertiary/aromatic N) is 6. The molecule has 4 aliphatic carbocycles. The van der Waals surface area contributed by atoms with Gasteiger partial charge in [0.05, 0.1) is 40.8 Å². The lowest BCUT2D eigenvalue weighted by molar-refractivity contribution is -0.337. The molecule has 7 nitrogen and oxygen atoms in total. The van der Waals surface area contributed by atoms with E-state index in [9.17, 15) is 13.2 Å². The van der Waals surface area contributed by atoms with Crippen molar-refractivity contribution in [2.24, 2.45) is 5.41 Å². The summed E-state index contributed by atoms with van der Waals surface area (Å²) in [4.78, 5) is 19.1. The second-order valence-corrected chi connectivity index (χ2v) is 11.2. The molecule has 184 valence electrons. The van der Waals surface area contributed by atoms with Gasteiger partial charge < -0.3 is 4.74 Å². The zero-order valence-corrected chi connectivity index (χ0v) is 19.8. The molecule has 3 aromatic rings. The Hall–Kier alpha value is -2.62. The van der Waals surface area contributed by atoms with E-state index in [0.717, 1.165) is 23.4 Å². The highest BCUT2D eigenvalue weighted by atomic mass is 19.4. The van der Waals surface area contributed by atoms with Gasteiger partial charge in [-0.2, -0.15) is 18.3 Å². The van der Waals surface area contributed by atoms with Gasteiger partial charge in [-0.15, -0.1) is 0 Å². The second-order valence-electron chi connectivity index (χ2n) is 11.2. The summed E-state index contributed by atoms with van der Waals surface area (Å²) in [5.41, 5.74) is 2.16. The first-order valence-electron chi connectivity index (χ1n) is 12.4. The maximum Gasteiger partial charge on any atom is 0.394 e. The highest BCUT2D eigenvalue weighted by Crippen LogP contribution is 2.78. The lowest BCUT2D eigenvalue weighted by Gasteiger charge is -2.70. The van der Waals surface area contributed by atoms with E-state index < -0.39 is 17.0 Å². The molecule has 5 fully saturated rings. The molecule has 0 amide bonds. The standard InChI is InChI=1S/C25H27F3N6O/c1-13-14(2)31-22-19(30-13)20(23-10-24(11-23,12-23)25(26,27)28)32-21(33-22)15-5-6-35-18(7-15)16-8-29-34(9-16)17-3-4-17/h8-9,15,17-18H,3-7,10-12H2,1-2H3/t15-,18+,23?,24?/m0/s1. The average Bonchev–Trinajstić information content (AvgIpc) is 3.48. The summed E-state index contributed by atoms with van der Waals surface area (Å²) in [6, 6.07) is 0.507. The first-order chi connectivity index (χ1) is 16.7. The van der Waals surface area contributed by atoms with Gasteiger partial charge in [-0.1, -0.05) is 0 Å². The van der Waals surface area contributed by atoms with Gasteiger partial charge in [-0.3, -0.25) is 4.68 Å². The fourth-order valence-electron chi connectivity index (χ4n) is 6.34. The quantitative estimate of drug-likeness (QED) is 0.507. The van der Waals surface area contributed by atoms with Gasteiger partial charge in [0.2, 0.25) is 0 Å². The zero-order valence-electron chi connectivity index (χ0n) is 19.8. The summed E-state index contributed by atoms with van der Waals surface area (Å²) in [6.45, 7) is 4.32. The molecular weight excluding hydrogens is 457 g/mol. The first-order valence-corrected chi connectivity index (χ1v) is 12.4. The average molecular weight is 485 g/mol. The molecule has 2 bridgehead atoms. The molecule has 10 heteroatoms. The van der Waals surface area contributed by atoms with Crippen molar-refractivity contribution in [3.05, 3.63) is 40.9 Å². The summed E-state index contributed by atoms with van der Waals surface area (Å²) in [6.07, 6.45) is 3.74. The Labute approximate surface area is 200 Å². The maximum atomic E-state index is 13.6. The molecule has 3 aromatic heterocycles. The molecule has 2 atom stereocenters. The van der Waals surface area contributed by atoms with Gasteiger partial charge in [-0.25, -0.2) is 19.9 Å². The molecule has 0 aromatic carbocycles. The number of ether oxygens (including phenoxy) is 1. The van der Waals surface area contributed by atoms with Crippen LogP contribution in [0, 0.1) is 19.3 Å². The van der Waals surface area contributed by atoms with Crippen LogP contribution in [0.1, 0.15) is 91.5 Å². The van der Waals surface area contributed by atoms with Crippen LogP contribution in [0.4, 0.5) is 13.2 Å². The Balaban J connectivity index is 1.24. The van der Waals surface area contributed by atoms with Crippen molar-refractivity contribution in [1.82, 2.24) is 29.7 Å². The number of halogens is 3. The zero-order chi connectivity index (χ0) is 24.2. The van der Waals surface area contributed by atoms with E-state index in [4.69, 9.17) is 19.7 Å². The van der Waals surface area contributed by atoms with Gasteiger partial charge in [0.1, 0.15) is 11.3 Å². The Morgan fingerprint density at radius 1 is 1.00 bits per heavy atom. The van der Waals surface area contributed by atoms with Gasteiger partial charge in [0.25, 0.3) is 0 Å². The monoisotopic (exact) mass is 484 g/mol. The van der Waals surface area contributed by atoms with Crippen LogP contribution >= 0.6 is 0 Å². The van der Waals surface area contributed by atoms with Crippen LogP contribution in [0.3, 0.4) is 0 Å². The second kappa shape index (κ2) is 6.99. The van der Waals surface area contributed by atoms with Gasteiger partial charge in [0.15, 0.2) is 5.65 Å². The minimum absolute atomic E-state index is 0.0357. The van der Waals surface area contributed by atoms with E-state index in [1.807, 2.05) is 24.7 Å². The maximum absolute atomic E-state index is 13.6. The normalized spacial score (nSPS) is 32.4. The highest BCUT2D eigenvalue weighted by Gasteiger charge is 2.79. The number of hydrogen-bond acceptors (Lipinski definition) is 6. The first kappa shape index (κ1) is 21.6. The summed E-state index contributed by atoms with van der Waals surface area (Å²) in [5, 5.41) is 4.50. The van der Waals surface area contributed by atoms with Crippen molar-refractivity contribution in [1.29, 1.82) is 0 Å². The Kier molecular flexibility index (Phi) is 4.32. The molecule has 4 heterocycles. The molecule has 5 aliphatic rings. The van der Waals surface area contributed by atoms with E-state index in [2.05, 4.69) is 16.3 Å². The van der Waals surface area contributed by atoms with E-state index in [1.165, 1.54) is 12.8 Å². The van der Waals surface area contributed by atoms with Crippen LogP contribution in [-0.2, 0) is 10.2 Å². The molecule has 1 aliphatic heterocycles. The van der Waals surface area contributed by atoms with E-state index in [0.29, 0.717) is 41.8 Å². The van der Waals surface area contributed by atoms with Crippen LogP contribution < -0.4 is 0 Å². The predicted octanol–water partition coefficient (Wildman–Crippen LogP) is 5.19. The summed E-state index contributed by atoms with van der Waals surface area (Å²) >= 11 is 0. The van der Waals surface area contributed by atoms with Crippen molar-refractivity contribution in [2.75, 3.05) is 6.61 Å². The number of alkyl halides is 3. The summed E-state index contributed by atoms with van der Waals surface area (Å²) in [5.74, 6) is 0.687. The van der Waals surface area contributed by atoms with E-state index in [-0.39, 0.29) is 31.3 Å². The largest absolute Gasteiger partial charge is 0.394 e. The van der Waals surface area contributed by atoms with Gasteiger partial charge >= 0.3 is 6.18 Å². The Morgan fingerprint density at radius 2 is 1.74 bits per heavy atom. The lowest BCUT2D eigenvalue weighted by Crippen LogP contribution is -2.70. The number of aryl methyl sites for hydroxylation is 2. The Morgan fingerprint density at radius 3 is 2.46 bits per heavy atom. The molecule has 0 unspecified atom stereocenters. The number of rotatable bonds is 4. The van der Waals surface area contributed by atoms with Crippen molar-refractivity contribution in [2.45, 2.75) is 88.4 Å². The van der Waals surface area contributed by atoms with Crippen molar-refractivity contribution >= 4 is 11.2 Å². The van der Waals surface area contributed by atoms with Crippen LogP contribution in [-0.4, -0.2) is 42.5 Å². The molecule has 8 rings (SSSR count). The molecule has 4 saturated carbocycles. The highest BCUT2D eigenvalue weighted by molar-refractivity contribution is 5.75. The van der Waals surface area contributed by atoms with Crippen LogP contribution in [0.15, 0.2) is 12.4 Å². The van der Waals surface area contributed by atoms with Crippen LogP contribution in [0.25, 0.3) is 11.2 Å². The fraction of sp³-hybridized carbons (Fsp3) is 0.640. The predicted molar refractivity (Wildman–Crippen MR) is 120 cm³/mol. The smallest absolute Gasteiger partial charge is 0.373 e. The number of hydrogen-bond donors (Lipinski definition) is 0. The number of aromatic nitrogens is 6. The SMILES string of the molecule is Cc1nc2nc([C@H]3CCO[C@@H](c4cnn(C5CC5)c4)C3)nc(C34CC(C(F)(F)F)(C3)C4)c2nc1C. The molecule has 0 spiro atoms. The third-order valence-corrected chi connectivity index (χ3v) is 8.66. The van der Waals surface area contributed by atoms with Crippen molar-refractivity contribution in [3.8, 4) is 0 Å². The summed E-state index contributed by atoms with van der Waals surface area (Å²) < 4.78 is 48.9. The van der Waals surface area contributed by atoms with Crippen molar-refractivity contribution < 1.29 is 17.9 Å². The molecule has 1 saturated heterocycles. The summed E-state index contributed by atoms with van der Waals surface area (Å²) in [7, 11) is 0. The molecular formula is C25H27F3N6O. The lowest BCUT2D eigenvalue weighted by atomic mass is 9.34. The van der Waals surface area contributed by atoms with Crippen LogP contribution in [0.2, 0.25) is 0 Å². The van der Waals surface area contributed by atoms with Crippen molar-refractivity contribution in [3.63, 3.8) is 0 Å². The molecule has 0 radical (unpaired) electrons. The minimum Gasteiger partial charge on any atom is -0.373 e. The molecule has 35 heavy (non-hydrogen) atoms. The van der Waals surface area contributed by atoms with E-state index in [1.54, 1.807) is 0 Å².